The SMILES string of the molecule is O=C1S/C(=C\c2ccc(OCc3ccccc3Cl)c(Cl)c2)C(=O)N1CCOc1ccccc1. The lowest BCUT2D eigenvalue weighted by atomic mass is 10.2. The summed E-state index contributed by atoms with van der Waals surface area (Å²) in [6.45, 7) is 0.674. The van der Waals surface area contributed by atoms with Crippen molar-refractivity contribution in [2.75, 3.05) is 13.2 Å². The number of imide groups is 1. The van der Waals surface area contributed by atoms with Crippen LogP contribution in [0.2, 0.25) is 10.0 Å². The van der Waals surface area contributed by atoms with Gasteiger partial charge in [-0.05, 0) is 53.7 Å². The highest BCUT2D eigenvalue weighted by molar-refractivity contribution is 8.18. The monoisotopic (exact) mass is 499 g/mol. The largest absolute Gasteiger partial charge is 0.492 e. The average molecular weight is 500 g/mol. The van der Waals surface area contributed by atoms with Crippen molar-refractivity contribution in [2.45, 2.75) is 6.61 Å². The molecule has 0 unspecified atom stereocenters. The van der Waals surface area contributed by atoms with E-state index in [4.69, 9.17) is 32.7 Å². The van der Waals surface area contributed by atoms with Gasteiger partial charge in [-0.25, -0.2) is 0 Å². The summed E-state index contributed by atoms with van der Waals surface area (Å²) in [5.41, 5.74) is 1.54. The van der Waals surface area contributed by atoms with Crippen molar-refractivity contribution in [3.63, 3.8) is 0 Å². The van der Waals surface area contributed by atoms with E-state index in [1.54, 1.807) is 30.3 Å². The molecule has 8 heteroatoms. The minimum absolute atomic E-state index is 0.173. The molecule has 0 atom stereocenters. The van der Waals surface area contributed by atoms with Gasteiger partial charge >= 0.3 is 0 Å². The van der Waals surface area contributed by atoms with Crippen LogP contribution in [0.4, 0.5) is 4.79 Å². The molecular formula is C25H19Cl2NO4S. The molecule has 4 rings (SSSR count). The van der Waals surface area contributed by atoms with E-state index < -0.39 is 0 Å². The summed E-state index contributed by atoms with van der Waals surface area (Å²) < 4.78 is 11.4. The molecule has 3 aromatic carbocycles. The van der Waals surface area contributed by atoms with Gasteiger partial charge in [0.05, 0.1) is 16.5 Å². The molecule has 0 aliphatic carbocycles. The maximum Gasteiger partial charge on any atom is 0.293 e. The number of carbonyl (C=O) groups is 2. The van der Waals surface area contributed by atoms with Gasteiger partial charge in [-0.1, -0.05) is 65.7 Å². The second-order valence-electron chi connectivity index (χ2n) is 7.06. The summed E-state index contributed by atoms with van der Waals surface area (Å²) in [5.74, 6) is 0.836. The van der Waals surface area contributed by atoms with E-state index in [2.05, 4.69) is 0 Å². The van der Waals surface area contributed by atoms with Crippen LogP contribution >= 0.6 is 35.0 Å². The number of ether oxygens (including phenoxy) is 2. The first kappa shape index (κ1) is 23.2. The molecule has 2 amide bonds. The number of benzene rings is 3. The summed E-state index contributed by atoms with van der Waals surface area (Å²) in [6, 6.07) is 21.8. The van der Waals surface area contributed by atoms with E-state index in [-0.39, 0.29) is 30.9 Å². The van der Waals surface area contributed by atoms with Crippen molar-refractivity contribution in [3.05, 3.63) is 98.9 Å². The first-order chi connectivity index (χ1) is 16.0. The second kappa shape index (κ2) is 10.8. The van der Waals surface area contributed by atoms with E-state index in [9.17, 15) is 9.59 Å². The summed E-state index contributed by atoms with van der Waals surface area (Å²) in [6.07, 6.45) is 1.65. The summed E-state index contributed by atoms with van der Waals surface area (Å²) >= 11 is 13.4. The van der Waals surface area contributed by atoms with E-state index in [1.807, 2.05) is 48.5 Å². The minimum Gasteiger partial charge on any atom is -0.492 e. The topological polar surface area (TPSA) is 55.8 Å². The van der Waals surface area contributed by atoms with Crippen LogP contribution in [0.5, 0.6) is 11.5 Å². The maximum atomic E-state index is 12.7. The number of nitrogens with zero attached hydrogens (tertiary/aromatic N) is 1. The lowest BCUT2D eigenvalue weighted by molar-refractivity contribution is -0.123. The molecule has 1 aliphatic heterocycles. The van der Waals surface area contributed by atoms with E-state index in [1.165, 1.54) is 4.90 Å². The highest BCUT2D eigenvalue weighted by Crippen LogP contribution is 2.34. The summed E-state index contributed by atoms with van der Waals surface area (Å²) in [7, 11) is 0. The van der Waals surface area contributed by atoms with Crippen molar-refractivity contribution in [1.29, 1.82) is 0 Å². The Bertz CT molecular complexity index is 1200. The van der Waals surface area contributed by atoms with Crippen LogP contribution < -0.4 is 9.47 Å². The first-order valence-electron chi connectivity index (χ1n) is 10.1. The molecule has 0 radical (unpaired) electrons. The Morgan fingerprint density at radius 3 is 2.39 bits per heavy atom. The van der Waals surface area contributed by atoms with Gasteiger partial charge in [-0.3, -0.25) is 14.5 Å². The third-order valence-corrected chi connectivity index (χ3v) is 6.37. The third kappa shape index (κ3) is 5.90. The third-order valence-electron chi connectivity index (χ3n) is 4.80. The van der Waals surface area contributed by atoms with Crippen LogP contribution in [0.15, 0.2) is 77.7 Å². The van der Waals surface area contributed by atoms with Crippen LogP contribution in [0.25, 0.3) is 6.08 Å². The van der Waals surface area contributed by atoms with Crippen molar-refractivity contribution in [2.24, 2.45) is 0 Å². The van der Waals surface area contributed by atoms with Crippen molar-refractivity contribution < 1.29 is 19.1 Å². The van der Waals surface area contributed by atoms with E-state index in [0.717, 1.165) is 17.3 Å². The molecule has 3 aromatic rings. The van der Waals surface area contributed by atoms with Gasteiger partial charge in [-0.2, -0.15) is 0 Å². The highest BCUT2D eigenvalue weighted by Gasteiger charge is 2.34. The van der Waals surface area contributed by atoms with Crippen LogP contribution in [0, 0.1) is 0 Å². The molecule has 0 aromatic heterocycles. The van der Waals surface area contributed by atoms with E-state index in [0.29, 0.717) is 32.0 Å². The minimum atomic E-state index is -0.350. The fraction of sp³-hybridized carbons (Fsp3) is 0.120. The number of thioether (sulfide) groups is 1. The lowest BCUT2D eigenvalue weighted by Gasteiger charge is -2.13. The van der Waals surface area contributed by atoms with E-state index >= 15 is 0 Å². The molecule has 1 aliphatic rings. The number of hydrogen-bond donors (Lipinski definition) is 0. The predicted molar refractivity (Wildman–Crippen MR) is 132 cm³/mol. The normalized spacial score (nSPS) is 14.7. The number of amides is 2. The Balaban J connectivity index is 1.37. The molecule has 0 bridgehead atoms. The summed E-state index contributed by atoms with van der Waals surface area (Å²) in [4.78, 5) is 26.5. The maximum absolute atomic E-state index is 12.7. The molecule has 168 valence electrons. The zero-order chi connectivity index (χ0) is 23.2. The molecule has 0 spiro atoms. The molecule has 33 heavy (non-hydrogen) atoms. The molecule has 1 fully saturated rings. The lowest BCUT2D eigenvalue weighted by Crippen LogP contribution is -2.32. The van der Waals surface area contributed by atoms with Gasteiger partial charge in [0.2, 0.25) is 0 Å². The molecule has 1 heterocycles. The van der Waals surface area contributed by atoms with Gasteiger partial charge in [0.1, 0.15) is 24.7 Å². The highest BCUT2D eigenvalue weighted by atomic mass is 35.5. The van der Waals surface area contributed by atoms with Gasteiger partial charge in [-0.15, -0.1) is 0 Å². The van der Waals surface area contributed by atoms with Crippen molar-refractivity contribution in [3.8, 4) is 11.5 Å². The number of carbonyl (C=O) groups excluding carboxylic acids is 2. The number of hydrogen-bond acceptors (Lipinski definition) is 5. The fourth-order valence-electron chi connectivity index (χ4n) is 3.11. The second-order valence-corrected chi connectivity index (χ2v) is 8.87. The predicted octanol–water partition coefficient (Wildman–Crippen LogP) is 6.69. The standard InChI is InChI=1S/C25H19Cl2NO4S/c26-20-9-5-4-6-18(20)16-32-22-11-10-17(14-21(22)27)15-23-24(29)28(25(30)33-23)12-13-31-19-7-2-1-3-8-19/h1-11,14-15H,12-13,16H2/b23-15-. The smallest absolute Gasteiger partial charge is 0.293 e. The fourth-order valence-corrected chi connectivity index (χ4v) is 4.41. The van der Waals surface area contributed by atoms with Crippen molar-refractivity contribution >= 4 is 52.2 Å². The zero-order valence-corrected chi connectivity index (χ0v) is 19.7. The van der Waals surface area contributed by atoms with Crippen LogP contribution in [0.1, 0.15) is 11.1 Å². The van der Waals surface area contributed by atoms with Gasteiger partial charge in [0.25, 0.3) is 11.1 Å². The zero-order valence-electron chi connectivity index (χ0n) is 17.4. The Hall–Kier alpha value is -2.93. The quantitative estimate of drug-likeness (QED) is 0.323. The Labute approximate surface area is 205 Å². The first-order valence-corrected chi connectivity index (χ1v) is 11.7. The number of para-hydroxylation sites is 1. The molecule has 0 saturated carbocycles. The Morgan fingerprint density at radius 1 is 0.879 bits per heavy atom. The molecular weight excluding hydrogens is 481 g/mol. The van der Waals surface area contributed by atoms with Gasteiger partial charge < -0.3 is 9.47 Å². The van der Waals surface area contributed by atoms with Gasteiger partial charge in [0, 0.05) is 10.6 Å². The Morgan fingerprint density at radius 2 is 1.64 bits per heavy atom. The molecule has 1 saturated heterocycles. The Kier molecular flexibility index (Phi) is 7.60. The average Bonchev–Trinajstić information content (AvgIpc) is 3.07. The van der Waals surface area contributed by atoms with Crippen molar-refractivity contribution in [1.82, 2.24) is 4.90 Å². The number of halogens is 2. The number of rotatable bonds is 8. The molecule has 0 N–H and O–H groups in total. The summed E-state index contributed by atoms with van der Waals surface area (Å²) in [5, 5.41) is 0.690. The van der Waals surface area contributed by atoms with Crippen LogP contribution in [0.3, 0.4) is 0 Å². The van der Waals surface area contributed by atoms with Crippen LogP contribution in [-0.4, -0.2) is 29.2 Å². The van der Waals surface area contributed by atoms with Gasteiger partial charge in [0.15, 0.2) is 0 Å². The molecule has 5 nitrogen and oxygen atoms in total. The van der Waals surface area contributed by atoms with Crippen LogP contribution in [-0.2, 0) is 11.4 Å².